The number of hydrogen-bond donors (Lipinski definition) is 1. The van der Waals surface area contributed by atoms with Crippen molar-refractivity contribution in [3.8, 4) is 6.07 Å². The van der Waals surface area contributed by atoms with E-state index in [-0.39, 0.29) is 0 Å². The lowest BCUT2D eigenvalue weighted by Gasteiger charge is -2.23. The van der Waals surface area contributed by atoms with Gasteiger partial charge in [0.05, 0.1) is 23.5 Å². The van der Waals surface area contributed by atoms with Crippen LogP contribution in [-0.2, 0) is 6.54 Å². The number of hydrogen-bond acceptors (Lipinski definition) is 5. The first kappa shape index (κ1) is 17.8. The van der Waals surface area contributed by atoms with Gasteiger partial charge in [-0.25, -0.2) is 0 Å². The summed E-state index contributed by atoms with van der Waals surface area (Å²) >= 11 is 0. The molecule has 1 aromatic carbocycles. The molecular formula is C19H25N5. The van der Waals surface area contributed by atoms with Gasteiger partial charge >= 0.3 is 0 Å². The largest absolute Gasteiger partial charge is 0.379 e. The molecule has 1 N–H and O–H groups in total. The van der Waals surface area contributed by atoms with Crippen molar-refractivity contribution in [2.24, 2.45) is 0 Å². The van der Waals surface area contributed by atoms with Crippen LogP contribution in [0.5, 0.6) is 0 Å². The Hall–Kier alpha value is -2.58. The first-order chi connectivity index (χ1) is 11.5. The first-order valence-corrected chi connectivity index (χ1v) is 8.05. The molecule has 0 radical (unpaired) electrons. The minimum Gasteiger partial charge on any atom is -0.379 e. The van der Waals surface area contributed by atoms with E-state index in [4.69, 9.17) is 0 Å². The molecule has 24 heavy (non-hydrogen) atoms. The Morgan fingerprint density at radius 3 is 2.62 bits per heavy atom. The van der Waals surface area contributed by atoms with Crippen molar-refractivity contribution < 1.29 is 0 Å². The smallest absolute Gasteiger partial charge is 0.103 e. The zero-order valence-corrected chi connectivity index (χ0v) is 14.9. The quantitative estimate of drug-likeness (QED) is 0.849. The van der Waals surface area contributed by atoms with Gasteiger partial charge < -0.3 is 15.1 Å². The molecule has 0 atom stereocenters. The molecule has 2 aromatic rings. The van der Waals surface area contributed by atoms with E-state index in [0.29, 0.717) is 12.1 Å². The summed E-state index contributed by atoms with van der Waals surface area (Å²) in [5, 5.41) is 13.0. The van der Waals surface area contributed by atoms with Gasteiger partial charge in [0.2, 0.25) is 0 Å². The summed E-state index contributed by atoms with van der Waals surface area (Å²) in [6.45, 7) is 4.38. The summed E-state index contributed by atoms with van der Waals surface area (Å²) in [4.78, 5) is 8.64. The maximum atomic E-state index is 9.61. The molecule has 0 bridgehead atoms. The van der Waals surface area contributed by atoms with E-state index in [1.165, 1.54) is 5.56 Å². The average molecular weight is 323 g/mol. The number of likely N-dealkylation sites (N-methyl/N-ethyl adjacent to an activating group) is 2. The maximum absolute atomic E-state index is 9.61. The average Bonchev–Trinajstić information content (AvgIpc) is 2.57. The molecule has 126 valence electrons. The predicted molar refractivity (Wildman–Crippen MR) is 99.3 cm³/mol. The highest BCUT2D eigenvalue weighted by atomic mass is 15.2. The van der Waals surface area contributed by atoms with Crippen LogP contribution in [0.3, 0.4) is 0 Å². The molecule has 0 unspecified atom stereocenters. The lowest BCUT2D eigenvalue weighted by atomic mass is 10.1. The van der Waals surface area contributed by atoms with E-state index in [9.17, 15) is 5.26 Å². The topological polar surface area (TPSA) is 55.2 Å². The monoisotopic (exact) mass is 323 g/mol. The van der Waals surface area contributed by atoms with E-state index >= 15 is 0 Å². The van der Waals surface area contributed by atoms with E-state index in [1.54, 1.807) is 6.20 Å². The molecule has 0 aliphatic rings. The highest BCUT2D eigenvalue weighted by molar-refractivity contribution is 5.61. The summed E-state index contributed by atoms with van der Waals surface area (Å²) in [6.07, 6.45) is 1.77. The minimum atomic E-state index is 0.529. The molecular weight excluding hydrogens is 298 g/mol. The van der Waals surface area contributed by atoms with E-state index in [1.807, 2.05) is 39.3 Å². The highest BCUT2D eigenvalue weighted by Gasteiger charge is 2.13. The zero-order valence-electron chi connectivity index (χ0n) is 14.9. The number of anilines is 2. The lowest BCUT2D eigenvalue weighted by Crippen LogP contribution is -2.29. The molecule has 5 heteroatoms. The predicted octanol–water partition coefficient (Wildman–Crippen LogP) is 2.87. The molecule has 5 nitrogen and oxygen atoms in total. The summed E-state index contributed by atoms with van der Waals surface area (Å²) in [5.74, 6) is 0. The zero-order chi connectivity index (χ0) is 17.5. The van der Waals surface area contributed by atoms with Crippen molar-refractivity contribution >= 4 is 11.4 Å². The van der Waals surface area contributed by atoms with E-state index in [0.717, 1.165) is 30.2 Å². The number of nitrogens with one attached hydrogen (secondary N) is 1. The third-order valence-electron chi connectivity index (χ3n) is 3.89. The number of aryl methyl sites for hydroxylation is 1. The van der Waals surface area contributed by atoms with Crippen molar-refractivity contribution in [1.29, 1.82) is 5.26 Å². The fourth-order valence-electron chi connectivity index (χ4n) is 2.48. The number of benzene rings is 1. The summed E-state index contributed by atoms with van der Waals surface area (Å²) in [7, 11) is 6.10. The number of pyridine rings is 1. The van der Waals surface area contributed by atoms with Crippen molar-refractivity contribution in [2.75, 3.05) is 44.4 Å². The molecule has 1 aromatic heterocycles. The van der Waals surface area contributed by atoms with Crippen molar-refractivity contribution in [3.63, 3.8) is 0 Å². The van der Waals surface area contributed by atoms with Gasteiger partial charge in [0.15, 0.2) is 0 Å². The van der Waals surface area contributed by atoms with Crippen molar-refractivity contribution in [3.05, 3.63) is 53.3 Å². The van der Waals surface area contributed by atoms with Crippen LogP contribution in [-0.4, -0.2) is 44.1 Å². The summed E-state index contributed by atoms with van der Waals surface area (Å²) < 4.78 is 0. The number of rotatable bonds is 7. The summed E-state index contributed by atoms with van der Waals surface area (Å²) in [5.41, 5.74) is 4.57. The van der Waals surface area contributed by atoms with Gasteiger partial charge in [-0.2, -0.15) is 5.26 Å². The molecule has 2 rings (SSSR count). The van der Waals surface area contributed by atoms with Crippen LogP contribution in [0.25, 0.3) is 0 Å². The van der Waals surface area contributed by atoms with Crippen molar-refractivity contribution in [2.45, 2.75) is 13.5 Å². The second-order valence-electron chi connectivity index (χ2n) is 6.21. The van der Waals surface area contributed by atoms with Crippen LogP contribution in [0.1, 0.15) is 16.8 Å². The van der Waals surface area contributed by atoms with Gasteiger partial charge in [-0.1, -0.05) is 12.1 Å². The molecule has 0 spiro atoms. The number of nitrogens with zero attached hydrogens (tertiary/aromatic N) is 4. The molecule has 0 aliphatic carbocycles. The molecule has 0 amide bonds. The second-order valence-corrected chi connectivity index (χ2v) is 6.21. The van der Waals surface area contributed by atoms with Gasteiger partial charge in [-0.3, -0.25) is 4.98 Å². The Balaban J connectivity index is 2.16. The number of aromatic nitrogens is 1. The normalized spacial score (nSPS) is 10.5. The molecule has 0 fully saturated rings. The van der Waals surface area contributed by atoms with Gasteiger partial charge in [0.25, 0.3) is 0 Å². The van der Waals surface area contributed by atoms with E-state index < -0.39 is 0 Å². The Labute approximate surface area is 144 Å². The maximum Gasteiger partial charge on any atom is 0.103 e. The Morgan fingerprint density at radius 2 is 1.96 bits per heavy atom. The lowest BCUT2D eigenvalue weighted by molar-refractivity contribution is 0.416. The van der Waals surface area contributed by atoms with Crippen LogP contribution in [0.4, 0.5) is 11.4 Å². The fourth-order valence-corrected chi connectivity index (χ4v) is 2.48. The Morgan fingerprint density at radius 1 is 1.17 bits per heavy atom. The minimum absolute atomic E-state index is 0.529. The van der Waals surface area contributed by atoms with Gasteiger partial charge in [0, 0.05) is 32.0 Å². The van der Waals surface area contributed by atoms with Gasteiger partial charge in [0.1, 0.15) is 6.07 Å². The highest BCUT2D eigenvalue weighted by Crippen LogP contribution is 2.21. The van der Waals surface area contributed by atoms with Crippen molar-refractivity contribution in [1.82, 2.24) is 9.88 Å². The molecule has 0 saturated carbocycles. The molecule has 0 saturated heterocycles. The van der Waals surface area contributed by atoms with Crippen LogP contribution in [0.15, 0.2) is 36.5 Å². The molecule has 0 aliphatic heterocycles. The SMILES string of the molecule is Cc1cccc(NCc2nccc(N(C)CCN(C)C)c2C#N)c1. The Kier molecular flexibility index (Phi) is 6.16. The standard InChI is InChI=1S/C19H25N5/c1-15-6-5-7-16(12-15)22-14-18-17(13-20)19(8-9-21-18)24(4)11-10-23(2)3/h5-9,12,22H,10-11,14H2,1-4H3. The van der Waals surface area contributed by atoms with Crippen LogP contribution < -0.4 is 10.2 Å². The summed E-state index contributed by atoms with van der Waals surface area (Å²) in [6, 6.07) is 12.4. The fraction of sp³-hybridized carbons (Fsp3) is 0.368. The van der Waals surface area contributed by atoms with Gasteiger partial charge in [-0.15, -0.1) is 0 Å². The van der Waals surface area contributed by atoms with Crippen LogP contribution in [0, 0.1) is 18.3 Å². The molecule has 1 heterocycles. The number of nitriles is 1. The van der Waals surface area contributed by atoms with Crippen LogP contribution in [0.2, 0.25) is 0 Å². The third kappa shape index (κ3) is 4.71. The van der Waals surface area contributed by atoms with E-state index in [2.05, 4.69) is 45.2 Å². The Bertz CT molecular complexity index is 718. The second kappa shape index (κ2) is 8.32. The third-order valence-corrected chi connectivity index (χ3v) is 3.89. The van der Waals surface area contributed by atoms with Gasteiger partial charge in [-0.05, 0) is 44.8 Å². The van der Waals surface area contributed by atoms with Crippen LogP contribution >= 0.6 is 0 Å². The first-order valence-electron chi connectivity index (χ1n) is 8.05.